The van der Waals surface area contributed by atoms with E-state index in [-0.39, 0.29) is 0 Å². The van der Waals surface area contributed by atoms with Crippen molar-refractivity contribution in [3.05, 3.63) is 47.8 Å². The second-order valence-corrected chi connectivity index (χ2v) is 7.93. The Hall–Kier alpha value is -1.66. The second kappa shape index (κ2) is 6.22. The molecule has 0 aliphatic carbocycles. The average molecular weight is 319 g/mol. The molecule has 0 spiro atoms. The molecule has 1 atom stereocenters. The lowest BCUT2D eigenvalue weighted by atomic mass is 9.98. The van der Waals surface area contributed by atoms with Gasteiger partial charge in [-0.2, -0.15) is 5.10 Å². The van der Waals surface area contributed by atoms with Gasteiger partial charge >= 0.3 is 0 Å². The van der Waals surface area contributed by atoms with Gasteiger partial charge in [0.2, 0.25) is 0 Å². The Bertz CT molecular complexity index is 708. The summed E-state index contributed by atoms with van der Waals surface area (Å²) in [6.07, 6.45) is 6.59. The zero-order chi connectivity index (χ0) is 15.6. The summed E-state index contributed by atoms with van der Waals surface area (Å²) in [4.78, 5) is 2.81. The lowest BCUT2D eigenvalue weighted by molar-refractivity contribution is 0.137. The maximum Gasteiger partial charge on any atom is 0.175 e. The quantitative estimate of drug-likeness (QED) is 0.940. The minimum absolute atomic E-state index is 0.367. The Labute approximate surface area is 131 Å². The minimum atomic E-state index is -3.13. The van der Waals surface area contributed by atoms with Gasteiger partial charge in [0.25, 0.3) is 0 Å². The predicted octanol–water partition coefficient (Wildman–Crippen LogP) is 2.54. The van der Waals surface area contributed by atoms with Crippen LogP contribution in [0, 0.1) is 0 Å². The van der Waals surface area contributed by atoms with E-state index >= 15 is 0 Å². The molecule has 118 valence electrons. The molecule has 0 saturated carbocycles. The molecule has 1 aliphatic rings. The molecule has 1 N–H and O–H groups in total. The third kappa shape index (κ3) is 3.39. The standard InChI is InChI=1S/C16H21N3O2S/c1-22(20,21)14-7-5-13(6-8-14)12-19-11-3-2-4-16(19)15-9-10-17-18-15/h5-10,16H,2-4,11-12H2,1H3,(H,17,18). The summed E-state index contributed by atoms with van der Waals surface area (Å²) in [5.41, 5.74) is 2.30. The van der Waals surface area contributed by atoms with Gasteiger partial charge < -0.3 is 0 Å². The van der Waals surface area contributed by atoms with Crippen molar-refractivity contribution in [1.29, 1.82) is 0 Å². The first-order valence-electron chi connectivity index (χ1n) is 7.56. The number of nitrogens with zero attached hydrogens (tertiary/aromatic N) is 2. The van der Waals surface area contributed by atoms with E-state index in [2.05, 4.69) is 15.1 Å². The molecule has 0 bridgehead atoms. The monoisotopic (exact) mass is 319 g/mol. The lowest BCUT2D eigenvalue weighted by Gasteiger charge is -2.35. The molecule has 5 nitrogen and oxygen atoms in total. The van der Waals surface area contributed by atoms with E-state index < -0.39 is 9.84 Å². The maximum atomic E-state index is 11.5. The zero-order valence-corrected chi connectivity index (χ0v) is 13.5. The molecule has 1 aromatic carbocycles. The first-order valence-corrected chi connectivity index (χ1v) is 9.45. The average Bonchev–Trinajstić information content (AvgIpc) is 3.01. The van der Waals surface area contributed by atoms with E-state index in [1.807, 2.05) is 18.2 Å². The number of nitrogens with one attached hydrogen (secondary N) is 1. The van der Waals surface area contributed by atoms with Crippen molar-refractivity contribution in [3.8, 4) is 0 Å². The molecule has 1 unspecified atom stereocenters. The third-order valence-corrected chi connectivity index (χ3v) is 5.36. The molecule has 3 rings (SSSR count). The van der Waals surface area contributed by atoms with E-state index in [0.29, 0.717) is 10.9 Å². The van der Waals surface area contributed by atoms with Gasteiger partial charge in [-0.3, -0.25) is 10.00 Å². The van der Waals surface area contributed by atoms with Gasteiger partial charge in [0, 0.05) is 19.0 Å². The Morgan fingerprint density at radius 1 is 1.23 bits per heavy atom. The first kappa shape index (κ1) is 15.2. The van der Waals surface area contributed by atoms with Crippen LogP contribution in [0.25, 0.3) is 0 Å². The number of H-pyrrole nitrogens is 1. The highest BCUT2D eigenvalue weighted by Crippen LogP contribution is 2.30. The molecule has 1 saturated heterocycles. The number of aromatic nitrogens is 2. The number of sulfone groups is 1. The minimum Gasteiger partial charge on any atom is -0.291 e. The van der Waals surface area contributed by atoms with Crippen LogP contribution in [0.1, 0.15) is 36.6 Å². The second-order valence-electron chi connectivity index (χ2n) is 5.91. The molecule has 2 aromatic rings. The van der Waals surface area contributed by atoms with Crippen LogP contribution < -0.4 is 0 Å². The number of likely N-dealkylation sites (tertiary alicyclic amines) is 1. The molecular formula is C16H21N3O2S. The summed E-state index contributed by atoms with van der Waals surface area (Å²) in [6.45, 7) is 1.88. The number of hydrogen-bond donors (Lipinski definition) is 1. The van der Waals surface area contributed by atoms with E-state index in [4.69, 9.17) is 0 Å². The number of piperidine rings is 1. The van der Waals surface area contributed by atoms with Crippen LogP contribution in [0.2, 0.25) is 0 Å². The van der Waals surface area contributed by atoms with Crippen molar-refractivity contribution in [3.63, 3.8) is 0 Å². The Morgan fingerprint density at radius 3 is 2.64 bits per heavy atom. The van der Waals surface area contributed by atoms with Crippen LogP contribution in [0.5, 0.6) is 0 Å². The molecule has 1 aromatic heterocycles. The van der Waals surface area contributed by atoms with Crippen LogP contribution in [-0.4, -0.2) is 36.3 Å². The Balaban J connectivity index is 1.76. The van der Waals surface area contributed by atoms with Crippen LogP contribution in [0.3, 0.4) is 0 Å². The highest BCUT2D eigenvalue weighted by atomic mass is 32.2. The van der Waals surface area contributed by atoms with Gasteiger partial charge in [-0.05, 0) is 43.1 Å². The van der Waals surface area contributed by atoms with Gasteiger partial charge in [0.1, 0.15) is 0 Å². The molecular weight excluding hydrogens is 298 g/mol. The smallest absolute Gasteiger partial charge is 0.175 e. The fourth-order valence-corrected chi connectivity index (χ4v) is 3.69. The van der Waals surface area contributed by atoms with E-state index in [1.165, 1.54) is 19.1 Å². The molecule has 0 amide bonds. The summed E-state index contributed by atoms with van der Waals surface area (Å²) in [6, 6.07) is 9.62. The summed E-state index contributed by atoms with van der Waals surface area (Å²) in [5, 5.41) is 7.14. The van der Waals surface area contributed by atoms with Crippen LogP contribution in [0.4, 0.5) is 0 Å². The lowest BCUT2D eigenvalue weighted by Crippen LogP contribution is -2.33. The predicted molar refractivity (Wildman–Crippen MR) is 85.1 cm³/mol. The Morgan fingerprint density at radius 2 is 2.00 bits per heavy atom. The van der Waals surface area contributed by atoms with E-state index in [9.17, 15) is 8.42 Å². The molecule has 1 aliphatic heterocycles. The van der Waals surface area contributed by atoms with Gasteiger partial charge in [0.15, 0.2) is 9.84 Å². The molecule has 0 radical (unpaired) electrons. The Kier molecular flexibility index (Phi) is 4.31. The molecule has 6 heteroatoms. The fraction of sp³-hybridized carbons (Fsp3) is 0.438. The molecule has 2 heterocycles. The van der Waals surface area contributed by atoms with Gasteiger partial charge in [0.05, 0.1) is 16.6 Å². The van der Waals surface area contributed by atoms with Gasteiger partial charge in [-0.25, -0.2) is 8.42 Å². The molecule has 1 fully saturated rings. The van der Waals surface area contributed by atoms with Crippen LogP contribution in [-0.2, 0) is 16.4 Å². The van der Waals surface area contributed by atoms with Crippen LogP contribution >= 0.6 is 0 Å². The number of rotatable bonds is 4. The van der Waals surface area contributed by atoms with Crippen molar-refractivity contribution in [2.24, 2.45) is 0 Å². The van der Waals surface area contributed by atoms with Crippen molar-refractivity contribution < 1.29 is 8.42 Å². The SMILES string of the molecule is CS(=O)(=O)c1ccc(CN2CCCCC2c2ccn[nH]2)cc1. The van der Waals surface area contributed by atoms with Crippen molar-refractivity contribution >= 4 is 9.84 Å². The highest BCUT2D eigenvalue weighted by molar-refractivity contribution is 7.90. The summed E-state index contributed by atoms with van der Waals surface area (Å²) in [7, 11) is -3.13. The van der Waals surface area contributed by atoms with Crippen molar-refractivity contribution in [1.82, 2.24) is 15.1 Å². The van der Waals surface area contributed by atoms with E-state index in [1.54, 1.807) is 18.3 Å². The normalized spacial score (nSPS) is 20.1. The maximum absolute atomic E-state index is 11.5. The van der Waals surface area contributed by atoms with Gasteiger partial charge in [-0.15, -0.1) is 0 Å². The topological polar surface area (TPSA) is 66.1 Å². The third-order valence-electron chi connectivity index (χ3n) is 4.23. The van der Waals surface area contributed by atoms with Crippen LogP contribution in [0.15, 0.2) is 41.4 Å². The number of benzene rings is 1. The number of hydrogen-bond acceptors (Lipinski definition) is 4. The highest BCUT2D eigenvalue weighted by Gasteiger charge is 2.24. The number of aromatic amines is 1. The summed E-state index contributed by atoms with van der Waals surface area (Å²) < 4.78 is 23.0. The molecule has 22 heavy (non-hydrogen) atoms. The summed E-state index contributed by atoms with van der Waals surface area (Å²) in [5.74, 6) is 0. The van der Waals surface area contributed by atoms with E-state index in [0.717, 1.165) is 30.8 Å². The van der Waals surface area contributed by atoms with Crippen molar-refractivity contribution in [2.75, 3.05) is 12.8 Å². The fourth-order valence-electron chi connectivity index (χ4n) is 3.06. The van der Waals surface area contributed by atoms with Gasteiger partial charge in [-0.1, -0.05) is 18.6 Å². The zero-order valence-electron chi connectivity index (χ0n) is 12.7. The largest absolute Gasteiger partial charge is 0.291 e. The summed E-state index contributed by atoms with van der Waals surface area (Å²) >= 11 is 0. The first-order chi connectivity index (χ1) is 10.5. The van der Waals surface area contributed by atoms with Crippen molar-refractivity contribution in [2.45, 2.75) is 36.7 Å².